The average Bonchev–Trinajstić information content (AvgIpc) is 2.87. The Morgan fingerprint density at radius 1 is 0.625 bits per heavy atom. The second-order valence-electron chi connectivity index (χ2n) is 10.6. The lowest BCUT2D eigenvalue weighted by Crippen LogP contribution is -3.00. The fourth-order valence-corrected chi connectivity index (χ4v) is 5.95. The third-order valence-corrected chi connectivity index (χ3v) is 7.48. The van der Waals surface area contributed by atoms with Gasteiger partial charge in [-0.15, -0.1) is 0 Å². The summed E-state index contributed by atoms with van der Waals surface area (Å²) in [4.78, 5) is 4.77. The van der Waals surface area contributed by atoms with E-state index in [2.05, 4.69) is 124 Å². The topological polar surface area (TPSA) is 32.7 Å². The van der Waals surface area contributed by atoms with Gasteiger partial charge in [0, 0.05) is 46.6 Å². The standard InChI is InChI=1S/C34H44N4.2BrH/c1-8-28-31(19-35-34-18-26(6)17-27(7)36-34)29(9-2)33(23-38-16-12-14-25(5)21-38)30(10-3)32(28)22-37-15-11-13-24(4)20-37;;/h11-18,20-21H,8-10,19,22-23H2,1-7H3,(H,35,36);2*1H/q+2;;/p-2. The van der Waals surface area contributed by atoms with Gasteiger partial charge in [0.2, 0.25) is 0 Å². The number of pyridine rings is 3. The molecule has 0 atom stereocenters. The van der Waals surface area contributed by atoms with Crippen molar-refractivity contribution < 1.29 is 43.1 Å². The minimum Gasteiger partial charge on any atom is -1.00 e. The molecule has 0 aliphatic rings. The van der Waals surface area contributed by atoms with Gasteiger partial charge in [0.15, 0.2) is 37.9 Å². The molecule has 4 nitrogen and oxygen atoms in total. The van der Waals surface area contributed by atoms with Gasteiger partial charge in [-0.25, -0.2) is 14.1 Å². The van der Waals surface area contributed by atoms with Gasteiger partial charge in [0.25, 0.3) is 0 Å². The Bertz CT molecular complexity index is 1340. The molecular weight excluding hydrogens is 624 g/mol. The Morgan fingerprint density at radius 3 is 1.52 bits per heavy atom. The lowest BCUT2D eigenvalue weighted by molar-refractivity contribution is -0.689. The Labute approximate surface area is 262 Å². The van der Waals surface area contributed by atoms with Gasteiger partial charge in [0.1, 0.15) is 5.82 Å². The summed E-state index contributed by atoms with van der Waals surface area (Å²) < 4.78 is 4.70. The number of hydrogen-bond acceptors (Lipinski definition) is 2. The van der Waals surface area contributed by atoms with Crippen LogP contribution < -0.4 is 48.4 Å². The summed E-state index contributed by atoms with van der Waals surface area (Å²) in [5, 5.41) is 3.71. The molecule has 0 aliphatic heterocycles. The summed E-state index contributed by atoms with van der Waals surface area (Å²) >= 11 is 0. The van der Waals surface area contributed by atoms with Crippen LogP contribution in [0.2, 0.25) is 0 Å². The van der Waals surface area contributed by atoms with Crippen LogP contribution in [0.1, 0.15) is 76.5 Å². The second kappa shape index (κ2) is 15.4. The molecule has 0 saturated carbocycles. The number of nitrogens with zero attached hydrogens (tertiary/aromatic N) is 3. The zero-order valence-electron chi connectivity index (χ0n) is 25.1. The molecule has 4 rings (SSSR count). The van der Waals surface area contributed by atoms with Crippen LogP contribution in [-0.2, 0) is 38.9 Å². The van der Waals surface area contributed by atoms with Gasteiger partial charge in [0.05, 0.1) is 0 Å². The van der Waals surface area contributed by atoms with Crippen molar-refractivity contribution in [3.63, 3.8) is 0 Å². The van der Waals surface area contributed by atoms with E-state index in [9.17, 15) is 0 Å². The van der Waals surface area contributed by atoms with Crippen LogP contribution in [0.15, 0.2) is 61.2 Å². The molecule has 1 N–H and O–H groups in total. The fraction of sp³-hybridized carbons (Fsp3) is 0.382. The van der Waals surface area contributed by atoms with Crippen molar-refractivity contribution in [3.8, 4) is 0 Å². The Morgan fingerprint density at radius 2 is 1.10 bits per heavy atom. The molecule has 6 heteroatoms. The number of rotatable bonds is 10. The number of hydrogen-bond donors (Lipinski definition) is 1. The highest BCUT2D eigenvalue weighted by atomic mass is 79.9. The quantitative estimate of drug-likeness (QED) is 0.247. The molecule has 214 valence electrons. The van der Waals surface area contributed by atoms with Crippen LogP contribution in [0.4, 0.5) is 5.82 Å². The predicted molar refractivity (Wildman–Crippen MR) is 157 cm³/mol. The van der Waals surface area contributed by atoms with E-state index >= 15 is 0 Å². The predicted octanol–water partition coefficient (Wildman–Crippen LogP) is 0.294. The zero-order chi connectivity index (χ0) is 27.2. The minimum absolute atomic E-state index is 0. The molecule has 0 spiro atoms. The molecule has 0 amide bonds. The van der Waals surface area contributed by atoms with Gasteiger partial charge < -0.3 is 39.3 Å². The van der Waals surface area contributed by atoms with E-state index in [0.717, 1.165) is 50.4 Å². The number of aromatic nitrogens is 3. The zero-order valence-corrected chi connectivity index (χ0v) is 28.3. The first-order valence-corrected chi connectivity index (χ1v) is 14.1. The van der Waals surface area contributed by atoms with Crippen LogP contribution in [0.3, 0.4) is 0 Å². The number of anilines is 1. The van der Waals surface area contributed by atoms with E-state index in [4.69, 9.17) is 4.98 Å². The van der Waals surface area contributed by atoms with Gasteiger partial charge in [-0.3, -0.25) is 0 Å². The monoisotopic (exact) mass is 666 g/mol. The van der Waals surface area contributed by atoms with Gasteiger partial charge in [-0.1, -0.05) is 20.8 Å². The van der Waals surface area contributed by atoms with Gasteiger partial charge >= 0.3 is 0 Å². The van der Waals surface area contributed by atoms with Crippen molar-refractivity contribution in [2.24, 2.45) is 0 Å². The molecule has 0 aliphatic carbocycles. The van der Waals surface area contributed by atoms with Gasteiger partial charge in [-0.05, 0) is 99.0 Å². The van der Waals surface area contributed by atoms with Crippen molar-refractivity contribution in [3.05, 3.63) is 117 Å². The first-order chi connectivity index (χ1) is 18.3. The first-order valence-electron chi connectivity index (χ1n) is 14.1. The third kappa shape index (κ3) is 8.01. The molecule has 0 radical (unpaired) electrons. The molecule has 0 bridgehead atoms. The molecule has 1 aromatic carbocycles. The summed E-state index contributed by atoms with van der Waals surface area (Å²) in [7, 11) is 0. The van der Waals surface area contributed by atoms with Gasteiger partial charge in [-0.2, -0.15) is 0 Å². The second-order valence-corrected chi connectivity index (χ2v) is 10.6. The molecule has 0 fully saturated rings. The van der Waals surface area contributed by atoms with Crippen molar-refractivity contribution in [1.29, 1.82) is 0 Å². The van der Waals surface area contributed by atoms with Crippen molar-refractivity contribution in [2.45, 2.75) is 87.4 Å². The van der Waals surface area contributed by atoms with Crippen LogP contribution in [0.25, 0.3) is 0 Å². The van der Waals surface area contributed by atoms with E-state index in [1.54, 1.807) is 0 Å². The molecule has 40 heavy (non-hydrogen) atoms. The highest BCUT2D eigenvalue weighted by molar-refractivity contribution is 5.53. The molecule has 3 heterocycles. The highest BCUT2D eigenvalue weighted by Crippen LogP contribution is 2.31. The lowest BCUT2D eigenvalue weighted by Gasteiger charge is -2.24. The largest absolute Gasteiger partial charge is 1.00 e. The Kier molecular flexibility index (Phi) is 13.0. The first kappa shape index (κ1) is 33.6. The summed E-state index contributed by atoms with van der Waals surface area (Å²) in [6.45, 7) is 18.0. The maximum atomic E-state index is 4.77. The molecule has 0 saturated heterocycles. The number of nitrogens with one attached hydrogen (secondary N) is 1. The van der Waals surface area contributed by atoms with E-state index in [1.807, 2.05) is 0 Å². The molecule has 0 unspecified atom stereocenters. The smallest absolute Gasteiger partial charge is 0.174 e. The third-order valence-electron chi connectivity index (χ3n) is 7.48. The lowest BCUT2D eigenvalue weighted by atomic mass is 9.83. The van der Waals surface area contributed by atoms with Crippen molar-refractivity contribution in [2.75, 3.05) is 5.32 Å². The fourth-order valence-electron chi connectivity index (χ4n) is 5.95. The van der Waals surface area contributed by atoms with E-state index < -0.39 is 0 Å². The van der Waals surface area contributed by atoms with Crippen LogP contribution in [-0.4, -0.2) is 4.98 Å². The minimum atomic E-state index is 0. The summed E-state index contributed by atoms with van der Waals surface area (Å²) in [5.74, 6) is 0.954. The Balaban J connectivity index is 0.00000280. The van der Waals surface area contributed by atoms with Crippen LogP contribution in [0.5, 0.6) is 0 Å². The number of benzene rings is 1. The van der Waals surface area contributed by atoms with E-state index in [0.29, 0.717) is 0 Å². The molecule has 4 aromatic rings. The highest BCUT2D eigenvalue weighted by Gasteiger charge is 2.25. The average molecular weight is 669 g/mol. The van der Waals surface area contributed by atoms with E-state index in [1.165, 1.54) is 50.1 Å². The molecular formula is C34H44Br2N4. The normalized spacial score (nSPS) is 10.6. The summed E-state index contributed by atoms with van der Waals surface area (Å²) in [6.07, 6.45) is 12.0. The molecule has 3 aromatic heterocycles. The maximum Gasteiger partial charge on any atom is 0.174 e. The van der Waals surface area contributed by atoms with Crippen LogP contribution in [0, 0.1) is 27.7 Å². The van der Waals surface area contributed by atoms with Crippen LogP contribution >= 0.6 is 0 Å². The number of aryl methyl sites for hydroxylation is 4. The summed E-state index contributed by atoms with van der Waals surface area (Å²) in [5.41, 5.74) is 13.8. The maximum absolute atomic E-state index is 4.77. The van der Waals surface area contributed by atoms with E-state index in [-0.39, 0.29) is 34.0 Å². The number of halogens is 2. The Hall–Kier alpha value is -2.57. The SMILES string of the molecule is CCc1c(CNc2cc(C)cc(C)n2)c(CC)c(C[n+]2cccc(C)c2)c(CC)c1C[n+]1cccc(C)c1.[Br-].[Br-]. The van der Waals surface area contributed by atoms with Crippen molar-refractivity contribution >= 4 is 5.82 Å². The summed E-state index contributed by atoms with van der Waals surface area (Å²) in [6, 6.07) is 12.9. The van der Waals surface area contributed by atoms with Crippen molar-refractivity contribution in [1.82, 2.24) is 4.98 Å².